The van der Waals surface area contributed by atoms with E-state index in [-0.39, 0.29) is 17.8 Å². The summed E-state index contributed by atoms with van der Waals surface area (Å²) in [5.74, 6) is 0.530. The van der Waals surface area contributed by atoms with E-state index < -0.39 is 0 Å². The number of aromatic nitrogens is 2. The largest absolute Gasteiger partial charge is 0.353 e. The van der Waals surface area contributed by atoms with Gasteiger partial charge in [0.1, 0.15) is 5.82 Å². The zero-order valence-corrected chi connectivity index (χ0v) is 15.1. The number of aryl methyl sites for hydroxylation is 1. The fourth-order valence-electron chi connectivity index (χ4n) is 3.31. The van der Waals surface area contributed by atoms with Crippen molar-refractivity contribution in [2.45, 2.75) is 19.4 Å². The van der Waals surface area contributed by atoms with Gasteiger partial charge < -0.3 is 10.2 Å². The highest BCUT2D eigenvalue weighted by atomic mass is 19.1. The summed E-state index contributed by atoms with van der Waals surface area (Å²) in [4.78, 5) is 14.5. The lowest BCUT2D eigenvalue weighted by molar-refractivity contribution is 0.0940. The third-order valence-electron chi connectivity index (χ3n) is 4.88. The van der Waals surface area contributed by atoms with Gasteiger partial charge in [0.15, 0.2) is 5.82 Å². The Balaban J connectivity index is 1.39. The van der Waals surface area contributed by atoms with Gasteiger partial charge in [0.05, 0.1) is 5.69 Å². The molecule has 1 amide bonds. The van der Waals surface area contributed by atoms with Gasteiger partial charge in [-0.1, -0.05) is 17.7 Å². The van der Waals surface area contributed by atoms with Crippen LogP contribution in [-0.2, 0) is 0 Å². The van der Waals surface area contributed by atoms with Crippen LogP contribution < -0.4 is 10.2 Å². The van der Waals surface area contributed by atoms with Gasteiger partial charge in [-0.05, 0) is 55.3 Å². The maximum atomic E-state index is 13.1. The Kier molecular flexibility index (Phi) is 4.62. The molecule has 2 N–H and O–H groups in total. The first kappa shape index (κ1) is 17.3. The minimum atomic E-state index is -0.259. The summed E-state index contributed by atoms with van der Waals surface area (Å²) in [7, 11) is 0. The van der Waals surface area contributed by atoms with Crippen LogP contribution in [-0.4, -0.2) is 35.2 Å². The van der Waals surface area contributed by atoms with Crippen LogP contribution in [0.25, 0.3) is 11.3 Å². The molecule has 2 heterocycles. The van der Waals surface area contributed by atoms with Crippen LogP contribution in [0.2, 0.25) is 0 Å². The Hall–Kier alpha value is -3.15. The number of hydrogen-bond acceptors (Lipinski definition) is 3. The highest BCUT2D eigenvalue weighted by molar-refractivity contribution is 5.94. The first-order valence-corrected chi connectivity index (χ1v) is 9.02. The maximum Gasteiger partial charge on any atom is 0.251 e. The number of rotatable bonds is 4. The zero-order valence-electron chi connectivity index (χ0n) is 15.1. The number of anilines is 1. The number of nitrogens with one attached hydrogen (secondary N) is 2. The molecule has 1 fully saturated rings. The van der Waals surface area contributed by atoms with Crippen molar-refractivity contribution in [2.75, 3.05) is 18.0 Å². The third kappa shape index (κ3) is 3.84. The van der Waals surface area contributed by atoms with Gasteiger partial charge in [-0.3, -0.25) is 9.89 Å². The first-order valence-electron chi connectivity index (χ1n) is 9.02. The third-order valence-corrected chi connectivity index (χ3v) is 4.88. The van der Waals surface area contributed by atoms with E-state index in [1.165, 1.54) is 12.1 Å². The predicted octanol–water partition coefficient (Wildman–Crippen LogP) is 3.53. The van der Waals surface area contributed by atoms with Gasteiger partial charge in [0.2, 0.25) is 0 Å². The second kappa shape index (κ2) is 7.23. The number of nitrogens with zero attached hydrogens (tertiary/aromatic N) is 2. The minimum absolute atomic E-state index is 0.0455. The van der Waals surface area contributed by atoms with E-state index in [0.717, 1.165) is 35.6 Å². The number of benzene rings is 2. The molecule has 0 spiro atoms. The summed E-state index contributed by atoms with van der Waals surface area (Å²) in [6.07, 6.45) is 0.871. The molecular weight excluding hydrogens is 343 g/mol. The van der Waals surface area contributed by atoms with Gasteiger partial charge in [0, 0.05) is 30.8 Å². The number of amides is 1. The van der Waals surface area contributed by atoms with Gasteiger partial charge in [0.25, 0.3) is 5.91 Å². The van der Waals surface area contributed by atoms with E-state index in [9.17, 15) is 9.18 Å². The number of carbonyl (C=O) groups is 1. The van der Waals surface area contributed by atoms with Crippen LogP contribution in [0, 0.1) is 12.7 Å². The molecule has 6 heteroatoms. The smallest absolute Gasteiger partial charge is 0.251 e. The second-order valence-electron chi connectivity index (χ2n) is 6.92. The van der Waals surface area contributed by atoms with Crippen LogP contribution in [0.15, 0.2) is 54.6 Å². The minimum Gasteiger partial charge on any atom is -0.353 e. The van der Waals surface area contributed by atoms with Crippen molar-refractivity contribution in [3.05, 3.63) is 71.5 Å². The second-order valence-corrected chi connectivity index (χ2v) is 6.92. The Bertz CT molecular complexity index is 934. The lowest BCUT2D eigenvalue weighted by Crippen LogP contribution is -2.37. The summed E-state index contributed by atoms with van der Waals surface area (Å²) in [6, 6.07) is 15.9. The van der Waals surface area contributed by atoms with Crippen LogP contribution in [0.1, 0.15) is 22.3 Å². The predicted molar refractivity (Wildman–Crippen MR) is 103 cm³/mol. The number of carbonyl (C=O) groups excluding carboxylic acids is 1. The van der Waals surface area contributed by atoms with Crippen LogP contribution in [0.3, 0.4) is 0 Å². The van der Waals surface area contributed by atoms with Crippen LogP contribution in [0.5, 0.6) is 0 Å². The highest BCUT2D eigenvalue weighted by Crippen LogP contribution is 2.24. The number of hydrogen-bond donors (Lipinski definition) is 2. The summed E-state index contributed by atoms with van der Waals surface area (Å²) >= 11 is 0. The quantitative estimate of drug-likeness (QED) is 0.744. The number of H-pyrrole nitrogens is 1. The summed E-state index contributed by atoms with van der Waals surface area (Å²) in [6.45, 7) is 3.54. The molecule has 1 atom stereocenters. The van der Waals surface area contributed by atoms with E-state index in [1.807, 2.05) is 37.3 Å². The molecular formula is C21H21FN4O. The van der Waals surface area contributed by atoms with Crippen molar-refractivity contribution < 1.29 is 9.18 Å². The summed E-state index contributed by atoms with van der Waals surface area (Å²) < 4.78 is 13.1. The molecule has 3 aromatic rings. The molecule has 1 aliphatic rings. The molecule has 0 radical (unpaired) electrons. The SMILES string of the molecule is Cc1ccc(C(=O)NC2CCN(c3cc(-c4ccc(F)cc4)[nH]n3)C2)cc1. The Labute approximate surface area is 157 Å². The molecule has 0 saturated carbocycles. The van der Waals surface area contributed by atoms with E-state index in [2.05, 4.69) is 20.4 Å². The normalized spacial score (nSPS) is 16.5. The monoisotopic (exact) mass is 364 g/mol. The molecule has 2 aromatic carbocycles. The molecule has 5 nitrogen and oxygen atoms in total. The van der Waals surface area contributed by atoms with Crippen molar-refractivity contribution in [1.29, 1.82) is 0 Å². The molecule has 1 aliphatic heterocycles. The molecule has 4 rings (SSSR count). The van der Waals surface area contributed by atoms with Crippen molar-refractivity contribution in [1.82, 2.24) is 15.5 Å². The summed E-state index contributed by atoms with van der Waals surface area (Å²) in [5.41, 5.74) is 3.54. The average Bonchev–Trinajstić information content (AvgIpc) is 3.32. The van der Waals surface area contributed by atoms with Crippen molar-refractivity contribution in [2.24, 2.45) is 0 Å². The van der Waals surface area contributed by atoms with E-state index in [4.69, 9.17) is 0 Å². The fourth-order valence-corrected chi connectivity index (χ4v) is 3.31. The van der Waals surface area contributed by atoms with Crippen LogP contribution >= 0.6 is 0 Å². The Morgan fingerprint density at radius 1 is 1.19 bits per heavy atom. The van der Waals surface area contributed by atoms with Gasteiger partial charge >= 0.3 is 0 Å². The van der Waals surface area contributed by atoms with Gasteiger partial charge in [-0.2, -0.15) is 5.10 Å². The Morgan fingerprint density at radius 3 is 2.67 bits per heavy atom. The lowest BCUT2D eigenvalue weighted by Gasteiger charge is -2.16. The maximum absolute atomic E-state index is 13.1. The van der Waals surface area contributed by atoms with Crippen molar-refractivity contribution >= 4 is 11.7 Å². The van der Waals surface area contributed by atoms with Crippen LogP contribution in [0.4, 0.5) is 10.2 Å². The molecule has 138 valence electrons. The number of aromatic amines is 1. The molecule has 1 aromatic heterocycles. The first-order chi connectivity index (χ1) is 13.1. The molecule has 1 unspecified atom stereocenters. The molecule has 27 heavy (non-hydrogen) atoms. The zero-order chi connectivity index (χ0) is 18.8. The van der Waals surface area contributed by atoms with Crippen molar-refractivity contribution in [3.8, 4) is 11.3 Å². The van der Waals surface area contributed by atoms with E-state index in [0.29, 0.717) is 12.1 Å². The standard InChI is InChI=1S/C21H21FN4O/c1-14-2-4-16(5-3-14)21(27)23-18-10-11-26(13-18)20-12-19(24-25-20)15-6-8-17(22)9-7-15/h2-9,12,18H,10-11,13H2,1H3,(H,23,27)(H,24,25). The highest BCUT2D eigenvalue weighted by Gasteiger charge is 2.26. The van der Waals surface area contributed by atoms with E-state index >= 15 is 0 Å². The summed E-state index contributed by atoms with van der Waals surface area (Å²) in [5, 5.41) is 10.5. The fraction of sp³-hybridized carbons (Fsp3) is 0.238. The average molecular weight is 364 g/mol. The van der Waals surface area contributed by atoms with Crippen molar-refractivity contribution in [3.63, 3.8) is 0 Å². The molecule has 0 bridgehead atoms. The van der Waals surface area contributed by atoms with E-state index in [1.54, 1.807) is 12.1 Å². The van der Waals surface area contributed by atoms with Gasteiger partial charge in [-0.25, -0.2) is 4.39 Å². The molecule has 1 saturated heterocycles. The molecule has 0 aliphatic carbocycles. The lowest BCUT2D eigenvalue weighted by atomic mass is 10.1. The Morgan fingerprint density at radius 2 is 1.93 bits per heavy atom. The topological polar surface area (TPSA) is 61.0 Å². The van der Waals surface area contributed by atoms with Gasteiger partial charge in [-0.15, -0.1) is 0 Å². The number of halogens is 1.